The van der Waals surface area contributed by atoms with Crippen LogP contribution in [-0.2, 0) is 11.2 Å². The summed E-state index contributed by atoms with van der Waals surface area (Å²) in [7, 11) is 1.72. The number of benzene rings is 1. The number of nitrogens with zero attached hydrogens (tertiary/aromatic N) is 2. The Balaban J connectivity index is 2.51. The number of hydrogen-bond acceptors (Lipinski definition) is 3. The zero-order valence-electron chi connectivity index (χ0n) is 10.4. The third-order valence-electron chi connectivity index (χ3n) is 2.89. The highest BCUT2D eigenvalue weighted by Crippen LogP contribution is 2.21. The van der Waals surface area contributed by atoms with Crippen LogP contribution >= 0.6 is 0 Å². The molecule has 0 bridgehead atoms. The lowest BCUT2D eigenvalue weighted by atomic mass is 10.2. The fourth-order valence-corrected chi connectivity index (χ4v) is 2.21. The van der Waals surface area contributed by atoms with Crippen molar-refractivity contribution in [3.05, 3.63) is 30.1 Å². The Morgan fingerprint density at radius 2 is 2.18 bits per heavy atom. The van der Waals surface area contributed by atoms with Crippen molar-refractivity contribution in [1.82, 2.24) is 9.55 Å². The molecule has 4 heteroatoms. The van der Waals surface area contributed by atoms with Gasteiger partial charge in [0.05, 0.1) is 23.7 Å². The van der Waals surface area contributed by atoms with Gasteiger partial charge in [-0.05, 0) is 25.6 Å². The summed E-state index contributed by atoms with van der Waals surface area (Å²) in [6.07, 6.45) is 0.794. The molecule has 2 N–H and O–H groups in total. The van der Waals surface area contributed by atoms with Crippen molar-refractivity contribution in [3.63, 3.8) is 0 Å². The first-order valence-electron chi connectivity index (χ1n) is 5.92. The molecule has 92 valence electrons. The second-order valence-electron chi connectivity index (χ2n) is 4.23. The molecule has 0 aliphatic carbocycles. The van der Waals surface area contributed by atoms with Crippen molar-refractivity contribution >= 4 is 11.0 Å². The number of fused-ring (bicyclic) bond motifs is 1. The summed E-state index contributed by atoms with van der Waals surface area (Å²) in [5.74, 6) is 1.04. The quantitative estimate of drug-likeness (QED) is 0.856. The maximum Gasteiger partial charge on any atom is 0.111 e. The molecule has 0 fully saturated rings. The van der Waals surface area contributed by atoms with Gasteiger partial charge in [0.2, 0.25) is 0 Å². The lowest BCUT2D eigenvalue weighted by Crippen LogP contribution is -2.16. The minimum Gasteiger partial charge on any atom is -0.383 e. The smallest absolute Gasteiger partial charge is 0.111 e. The van der Waals surface area contributed by atoms with Crippen molar-refractivity contribution in [1.29, 1.82) is 0 Å². The van der Waals surface area contributed by atoms with Crippen LogP contribution in [0.15, 0.2) is 24.3 Å². The largest absolute Gasteiger partial charge is 0.383 e. The second kappa shape index (κ2) is 5.29. The Kier molecular flexibility index (Phi) is 3.76. The predicted octanol–water partition coefficient (Wildman–Crippen LogP) is 1.74. The summed E-state index contributed by atoms with van der Waals surface area (Å²) in [6.45, 7) is 3.43. The van der Waals surface area contributed by atoms with Crippen LogP contribution < -0.4 is 5.73 Å². The van der Waals surface area contributed by atoms with Crippen molar-refractivity contribution in [2.75, 3.05) is 20.3 Å². The summed E-state index contributed by atoms with van der Waals surface area (Å²) in [6, 6.07) is 8.44. The molecule has 1 aromatic heterocycles. The average Bonchev–Trinajstić information content (AvgIpc) is 2.67. The molecule has 0 aliphatic rings. The molecule has 17 heavy (non-hydrogen) atoms. The fourth-order valence-electron chi connectivity index (χ4n) is 2.21. The van der Waals surface area contributed by atoms with Gasteiger partial charge in [-0.15, -0.1) is 0 Å². The Labute approximate surface area is 101 Å². The van der Waals surface area contributed by atoms with E-state index in [0.29, 0.717) is 13.2 Å². The summed E-state index contributed by atoms with van der Waals surface area (Å²) < 4.78 is 7.46. The number of para-hydroxylation sites is 2. The van der Waals surface area contributed by atoms with E-state index in [-0.39, 0.29) is 6.04 Å². The van der Waals surface area contributed by atoms with Gasteiger partial charge >= 0.3 is 0 Å². The van der Waals surface area contributed by atoms with E-state index in [1.807, 2.05) is 18.2 Å². The van der Waals surface area contributed by atoms with Crippen LogP contribution in [0.3, 0.4) is 0 Å². The van der Waals surface area contributed by atoms with Crippen LogP contribution in [0.1, 0.15) is 18.8 Å². The fraction of sp³-hybridized carbons (Fsp3) is 0.462. The third kappa shape index (κ3) is 2.33. The lowest BCUT2D eigenvalue weighted by Gasteiger charge is -2.16. The first-order chi connectivity index (χ1) is 8.27. The van der Waals surface area contributed by atoms with Gasteiger partial charge in [0, 0.05) is 13.5 Å². The Morgan fingerprint density at radius 3 is 2.88 bits per heavy atom. The van der Waals surface area contributed by atoms with Crippen molar-refractivity contribution < 1.29 is 4.74 Å². The van der Waals surface area contributed by atoms with Gasteiger partial charge in [0.1, 0.15) is 5.82 Å². The van der Waals surface area contributed by atoms with Gasteiger partial charge in [0.25, 0.3) is 0 Å². The van der Waals surface area contributed by atoms with Gasteiger partial charge in [0.15, 0.2) is 0 Å². The van der Waals surface area contributed by atoms with Crippen LogP contribution in [0.25, 0.3) is 11.0 Å². The van der Waals surface area contributed by atoms with E-state index in [4.69, 9.17) is 10.5 Å². The summed E-state index contributed by atoms with van der Waals surface area (Å²) in [5.41, 5.74) is 7.82. The predicted molar refractivity (Wildman–Crippen MR) is 69.1 cm³/mol. The van der Waals surface area contributed by atoms with Gasteiger partial charge in [-0.1, -0.05) is 12.1 Å². The van der Waals surface area contributed by atoms with Gasteiger partial charge < -0.3 is 15.0 Å². The molecule has 2 aromatic rings. The van der Waals surface area contributed by atoms with E-state index in [0.717, 1.165) is 23.3 Å². The topological polar surface area (TPSA) is 53.1 Å². The Hall–Kier alpha value is -1.39. The maximum atomic E-state index is 5.64. The molecule has 1 aromatic carbocycles. The van der Waals surface area contributed by atoms with E-state index in [1.165, 1.54) is 0 Å². The summed E-state index contributed by atoms with van der Waals surface area (Å²) in [4.78, 5) is 4.63. The summed E-state index contributed by atoms with van der Waals surface area (Å²) >= 11 is 0. The number of imidazole rings is 1. The first-order valence-corrected chi connectivity index (χ1v) is 5.92. The molecular weight excluding hydrogens is 214 g/mol. The molecule has 1 heterocycles. The zero-order valence-corrected chi connectivity index (χ0v) is 10.4. The normalized spacial score (nSPS) is 13.1. The highest BCUT2D eigenvalue weighted by molar-refractivity contribution is 5.76. The van der Waals surface area contributed by atoms with Crippen LogP contribution in [-0.4, -0.2) is 29.8 Å². The molecule has 0 radical (unpaired) electrons. The highest BCUT2D eigenvalue weighted by atomic mass is 16.5. The molecule has 4 nitrogen and oxygen atoms in total. The van der Waals surface area contributed by atoms with Crippen LogP contribution in [0.5, 0.6) is 0 Å². The van der Waals surface area contributed by atoms with Crippen molar-refractivity contribution in [3.8, 4) is 0 Å². The monoisotopic (exact) mass is 233 g/mol. The van der Waals surface area contributed by atoms with E-state index in [2.05, 4.69) is 22.5 Å². The molecule has 0 saturated carbocycles. The zero-order chi connectivity index (χ0) is 12.3. The molecular formula is C13H19N3O. The average molecular weight is 233 g/mol. The molecule has 2 rings (SSSR count). The standard InChI is InChI=1S/C13H19N3O/c1-10(9-17-2)16-12-6-4-3-5-11(12)15-13(16)7-8-14/h3-6,10H,7-9,14H2,1-2H3. The maximum absolute atomic E-state index is 5.64. The summed E-state index contributed by atoms with van der Waals surface area (Å²) in [5, 5.41) is 0. The lowest BCUT2D eigenvalue weighted by molar-refractivity contribution is 0.162. The number of nitrogens with two attached hydrogens (primary N) is 1. The van der Waals surface area contributed by atoms with E-state index in [1.54, 1.807) is 7.11 Å². The van der Waals surface area contributed by atoms with Crippen LogP contribution in [0.4, 0.5) is 0 Å². The SMILES string of the molecule is COCC(C)n1c(CCN)nc2ccccc21. The van der Waals surface area contributed by atoms with Crippen molar-refractivity contribution in [2.24, 2.45) is 5.73 Å². The second-order valence-corrected chi connectivity index (χ2v) is 4.23. The van der Waals surface area contributed by atoms with E-state index < -0.39 is 0 Å². The number of methoxy groups -OCH3 is 1. The minimum absolute atomic E-state index is 0.272. The molecule has 0 saturated heterocycles. The Bertz CT molecular complexity index is 492. The number of ether oxygens (including phenoxy) is 1. The molecule has 1 unspecified atom stereocenters. The van der Waals surface area contributed by atoms with Crippen molar-refractivity contribution in [2.45, 2.75) is 19.4 Å². The highest BCUT2D eigenvalue weighted by Gasteiger charge is 2.14. The van der Waals surface area contributed by atoms with E-state index >= 15 is 0 Å². The molecule has 0 aliphatic heterocycles. The van der Waals surface area contributed by atoms with Gasteiger partial charge in [-0.3, -0.25) is 0 Å². The van der Waals surface area contributed by atoms with Crippen LogP contribution in [0, 0.1) is 0 Å². The Morgan fingerprint density at radius 1 is 1.41 bits per heavy atom. The van der Waals surface area contributed by atoms with E-state index in [9.17, 15) is 0 Å². The number of rotatable bonds is 5. The van der Waals surface area contributed by atoms with Gasteiger partial charge in [-0.2, -0.15) is 0 Å². The number of hydrogen-bond donors (Lipinski definition) is 1. The van der Waals surface area contributed by atoms with Crippen LogP contribution in [0.2, 0.25) is 0 Å². The van der Waals surface area contributed by atoms with Gasteiger partial charge in [-0.25, -0.2) is 4.98 Å². The molecule has 1 atom stereocenters. The number of aromatic nitrogens is 2. The third-order valence-corrected chi connectivity index (χ3v) is 2.89. The molecule has 0 spiro atoms. The molecule has 0 amide bonds. The first kappa shape index (κ1) is 12.1. The minimum atomic E-state index is 0.272.